The lowest BCUT2D eigenvalue weighted by atomic mass is 10.1. The zero-order valence-corrected chi connectivity index (χ0v) is 14.9. The van der Waals surface area contributed by atoms with Crippen LogP contribution in [0.4, 0.5) is 13.2 Å². The SMILES string of the molecule is COC(=O)C1(C(F)(F)F)N=C(c2ccc(Cl)cc2)OC(N2CCOCC2)=N1. The lowest BCUT2D eigenvalue weighted by Gasteiger charge is -2.35. The number of ether oxygens (including phenoxy) is 3. The number of nitrogens with zero attached hydrogens (tertiary/aromatic N) is 3. The minimum Gasteiger partial charge on any atom is -0.465 e. The van der Waals surface area contributed by atoms with Crippen LogP contribution in [0.5, 0.6) is 0 Å². The van der Waals surface area contributed by atoms with Gasteiger partial charge < -0.3 is 19.1 Å². The molecule has 0 aliphatic carbocycles. The van der Waals surface area contributed by atoms with Crippen LogP contribution >= 0.6 is 11.6 Å². The predicted molar refractivity (Wildman–Crippen MR) is 89.7 cm³/mol. The lowest BCUT2D eigenvalue weighted by molar-refractivity contribution is -0.202. The van der Waals surface area contributed by atoms with Gasteiger partial charge in [0.1, 0.15) is 0 Å². The first-order valence-corrected chi connectivity index (χ1v) is 8.26. The van der Waals surface area contributed by atoms with E-state index >= 15 is 0 Å². The van der Waals surface area contributed by atoms with Crippen LogP contribution < -0.4 is 0 Å². The zero-order chi connectivity index (χ0) is 19.7. The molecule has 11 heteroatoms. The van der Waals surface area contributed by atoms with Gasteiger partial charge in [-0.2, -0.15) is 23.2 Å². The second-order valence-electron chi connectivity index (χ2n) is 5.68. The minimum atomic E-state index is -5.14. The van der Waals surface area contributed by atoms with Gasteiger partial charge in [0, 0.05) is 23.7 Å². The molecule has 1 atom stereocenters. The molecule has 1 aromatic rings. The fraction of sp³-hybridized carbons (Fsp3) is 0.438. The minimum absolute atomic E-state index is 0.206. The smallest absolute Gasteiger partial charge is 0.446 e. The second-order valence-corrected chi connectivity index (χ2v) is 6.12. The van der Waals surface area contributed by atoms with Crippen molar-refractivity contribution >= 4 is 29.5 Å². The highest BCUT2D eigenvalue weighted by Gasteiger charge is 2.65. The van der Waals surface area contributed by atoms with Crippen LogP contribution in [0.15, 0.2) is 34.3 Å². The van der Waals surface area contributed by atoms with Crippen molar-refractivity contribution < 1.29 is 32.2 Å². The highest BCUT2D eigenvalue weighted by Crippen LogP contribution is 2.39. The number of carbonyl (C=O) groups excluding carboxylic acids is 1. The maximum absolute atomic E-state index is 13.9. The molecular weight excluding hydrogens is 391 g/mol. The third-order valence-electron chi connectivity index (χ3n) is 3.95. The van der Waals surface area contributed by atoms with Gasteiger partial charge in [-0.1, -0.05) is 11.6 Å². The molecule has 0 saturated carbocycles. The van der Waals surface area contributed by atoms with Gasteiger partial charge in [-0.05, 0) is 24.3 Å². The van der Waals surface area contributed by atoms with Gasteiger partial charge >= 0.3 is 17.8 Å². The number of rotatable bonds is 2. The molecule has 2 heterocycles. The summed E-state index contributed by atoms with van der Waals surface area (Å²) in [6.07, 6.45) is -5.14. The fourth-order valence-corrected chi connectivity index (χ4v) is 2.65. The van der Waals surface area contributed by atoms with Gasteiger partial charge in [0.05, 0.1) is 20.3 Å². The molecule has 0 radical (unpaired) electrons. The van der Waals surface area contributed by atoms with Crippen molar-refractivity contribution in [2.45, 2.75) is 11.8 Å². The summed E-state index contributed by atoms with van der Waals surface area (Å²) < 4.78 is 56.8. The predicted octanol–water partition coefficient (Wildman–Crippen LogP) is 2.24. The van der Waals surface area contributed by atoms with Crippen LogP contribution in [-0.2, 0) is 19.0 Å². The highest BCUT2D eigenvalue weighted by molar-refractivity contribution is 6.30. The van der Waals surface area contributed by atoms with E-state index in [0.717, 1.165) is 7.11 Å². The van der Waals surface area contributed by atoms with Crippen molar-refractivity contribution in [2.75, 3.05) is 33.4 Å². The lowest BCUT2D eigenvalue weighted by Crippen LogP contribution is -2.55. The number of halogens is 4. The molecule has 0 amide bonds. The van der Waals surface area contributed by atoms with E-state index < -0.39 is 23.7 Å². The van der Waals surface area contributed by atoms with Crippen molar-refractivity contribution in [1.29, 1.82) is 0 Å². The van der Waals surface area contributed by atoms with E-state index in [-0.39, 0.29) is 37.9 Å². The van der Waals surface area contributed by atoms with Crippen LogP contribution in [0, 0.1) is 0 Å². The molecule has 1 saturated heterocycles. The van der Waals surface area contributed by atoms with Crippen molar-refractivity contribution in [3.05, 3.63) is 34.9 Å². The van der Waals surface area contributed by atoms with E-state index in [4.69, 9.17) is 21.1 Å². The first-order valence-electron chi connectivity index (χ1n) is 7.88. The second kappa shape index (κ2) is 7.35. The van der Waals surface area contributed by atoms with Crippen LogP contribution in [0.25, 0.3) is 0 Å². The van der Waals surface area contributed by atoms with Crippen molar-refractivity contribution in [2.24, 2.45) is 9.98 Å². The van der Waals surface area contributed by atoms with Gasteiger partial charge in [-0.15, -0.1) is 0 Å². The molecular formula is C16H15ClF3N3O4. The number of alkyl halides is 3. The number of aliphatic imine (C=N–C) groups is 2. The molecule has 0 bridgehead atoms. The van der Waals surface area contributed by atoms with Gasteiger partial charge in [0.2, 0.25) is 5.90 Å². The first kappa shape index (κ1) is 19.4. The summed E-state index contributed by atoms with van der Waals surface area (Å²) in [5, 5.41) is 0.382. The Morgan fingerprint density at radius 1 is 1.22 bits per heavy atom. The Hall–Kier alpha value is -2.33. The summed E-state index contributed by atoms with van der Waals surface area (Å²) in [6.45, 7) is 1.07. The summed E-state index contributed by atoms with van der Waals surface area (Å²) in [5.74, 6) is -2.07. The molecule has 2 aliphatic rings. The Bertz CT molecular complexity index is 776. The topological polar surface area (TPSA) is 72.7 Å². The van der Waals surface area contributed by atoms with Gasteiger partial charge in [-0.25, -0.2) is 4.79 Å². The van der Waals surface area contributed by atoms with Gasteiger partial charge in [-0.3, -0.25) is 0 Å². The van der Waals surface area contributed by atoms with E-state index in [1.54, 1.807) is 0 Å². The molecule has 0 spiro atoms. The van der Waals surface area contributed by atoms with Crippen molar-refractivity contribution in [3.8, 4) is 0 Å². The summed E-state index contributed by atoms with van der Waals surface area (Å²) in [4.78, 5) is 20.6. The number of methoxy groups -OCH3 is 1. The molecule has 2 aliphatic heterocycles. The molecule has 0 aromatic heterocycles. The summed E-state index contributed by atoms with van der Waals surface area (Å²) >= 11 is 5.82. The molecule has 1 fully saturated rings. The van der Waals surface area contributed by atoms with Crippen LogP contribution in [-0.4, -0.2) is 68.0 Å². The van der Waals surface area contributed by atoms with Crippen LogP contribution in [0.2, 0.25) is 5.02 Å². The Balaban J connectivity index is 2.12. The average Bonchev–Trinajstić information content (AvgIpc) is 2.67. The third kappa shape index (κ3) is 3.72. The van der Waals surface area contributed by atoms with Crippen molar-refractivity contribution in [1.82, 2.24) is 4.90 Å². The van der Waals surface area contributed by atoms with Gasteiger partial charge in [0.15, 0.2) is 0 Å². The van der Waals surface area contributed by atoms with Crippen LogP contribution in [0.3, 0.4) is 0 Å². The molecule has 1 unspecified atom stereocenters. The number of amidine groups is 1. The molecule has 7 nitrogen and oxygen atoms in total. The maximum Gasteiger partial charge on any atom is 0.446 e. The van der Waals surface area contributed by atoms with Gasteiger partial charge in [0.25, 0.3) is 6.02 Å². The fourth-order valence-electron chi connectivity index (χ4n) is 2.52. The average molecular weight is 406 g/mol. The van der Waals surface area contributed by atoms with E-state index in [9.17, 15) is 18.0 Å². The summed E-state index contributed by atoms with van der Waals surface area (Å²) in [7, 11) is 0.840. The molecule has 0 N–H and O–H groups in total. The molecule has 146 valence electrons. The monoisotopic (exact) mass is 405 g/mol. The Morgan fingerprint density at radius 3 is 2.41 bits per heavy atom. The molecule has 3 rings (SSSR count). The van der Waals surface area contributed by atoms with Crippen LogP contribution in [0.1, 0.15) is 5.56 Å². The number of hydrogen-bond acceptors (Lipinski definition) is 7. The maximum atomic E-state index is 13.9. The number of benzene rings is 1. The zero-order valence-electron chi connectivity index (χ0n) is 14.1. The summed E-state index contributed by atoms with van der Waals surface area (Å²) in [5.41, 5.74) is -3.25. The quantitative estimate of drug-likeness (QED) is 0.706. The number of morpholine rings is 1. The Morgan fingerprint density at radius 2 is 1.85 bits per heavy atom. The Labute approximate surface area is 157 Å². The van der Waals surface area contributed by atoms with E-state index in [1.165, 1.54) is 29.2 Å². The van der Waals surface area contributed by atoms with E-state index in [1.807, 2.05) is 0 Å². The normalized spacial score (nSPS) is 23.2. The standard InChI is InChI=1S/C16H15ClF3N3O4/c1-25-13(24)15(16(18,19)20)21-12(10-2-4-11(17)5-3-10)27-14(22-15)23-6-8-26-9-7-23/h2-5H,6-9H2,1H3. The highest BCUT2D eigenvalue weighted by atomic mass is 35.5. The largest absolute Gasteiger partial charge is 0.465 e. The van der Waals surface area contributed by atoms with E-state index in [0.29, 0.717) is 5.02 Å². The van der Waals surface area contributed by atoms with E-state index in [2.05, 4.69) is 14.7 Å². The third-order valence-corrected chi connectivity index (χ3v) is 4.20. The van der Waals surface area contributed by atoms with Crippen molar-refractivity contribution in [3.63, 3.8) is 0 Å². The number of esters is 1. The summed E-state index contributed by atoms with van der Waals surface area (Å²) in [6, 6.07) is 5.43. The number of carbonyl (C=O) groups is 1. The molecule has 27 heavy (non-hydrogen) atoms. The molecule has 1 aromatic carbocycles. The first-order chi connectivity index (χ1) is 12.8. The number of hydrogen-bond donors (Lipinski definition) is 0. The Kier molecular flexibility index (Phi) is 5.29.